The highest BCUT2D eigenvalue weighted by Crippen LogP contribution is 2.32. The molecule has 0 N–H and O–H groups in total. The van der Waals surface area contributed by atoms with E-state index in [2.05, 4.69) is 20.8 Å². The molecule has 2 aliphatic rings. The molecule has 0 bridgehead atoms. The zero-order chi connectivity index (χ0) is 11.5. The predicted molar refractivity (Wildman–Crippen MR) is 62.4 cm³/mol. The fourth-order valence-corrected chi connectivity index (χ4v) is 2.49. The molecular formula is C13H22O3. The molecule has 0 spiro atoms. The van der Waals surface area contributed by atoms with E-state index in [1.54, 1.807) is 0 Å². The first-order valence-electron chi connectivity index (χ1n) is 6.20. The molecule has 0 saturated carbocycles. The molecule has 2 rings (SSSR count). The monoisotopic (exact) mass is 226 g/mol. The van der Waals surface area contributed by atoms with Gasteiger partial charge in [0.05, 0.1) is 32.0 Å². The van der Waals surface area contributed by atoms with Crippen molar-refractivity contribution in [2.75, 3.05) is 19.8 Å². The van der Waals surface area contributed by atoms with Gasteiger partial charge in [0, 0.05) is 0 Å². The van der Waals surface area contributed by atoms with Crippen LogP contribution in [0.15, 0.2) is 12.2 Å². The van der Waals surface area contributed by atoms with E-state index in [0.29, 0.717) is 31.7 Å². The van der Waals surface area contributed by atoms with Crippen LogP contribution in [0.4, 0.5) is 0 Å². The first-order valence-corrected chi connectivity index (χ1v) is 6.20. The normalized spacial score (nSPS) is 45.3. The second-order valence-electron chi connectivity index (χ2n) is 4.90. The highest BCUT2D eigenvalue weighted by atomic mass is 16.6. The third-order valence-electron chi connectivity index (χ3n) is 3.89. The Hall–Kier alpha value is -0.380. The smallest absolute Gasteiger partial charge is 0.108 e. The lowest BCUT2D eigenvalue weighted by atomic mass is 9.82. The Kier molecular flexibility index (Phi) is 4.00. The Morgan fingerprint density at radius 3 is 2.56 bits per heavy atom. The van der Waals surface area contributed by atoms with Crippen LogP contribution in [0.3, 0.4) is 0 Å². The van der Waals surface area contributed by atoms with Crippen molar-refractivity contribution in [1.82, 2.24) is 0 Å². The molecule has 16 heavy (non-hydrogen) atoms. The standard InChI is InChI=1S/C13H22O3/c1-9-10(2)13-12(16-11(9)3)8-14-6-4-5-7-15-13/h4-5,9-13H,6-8H2,1-3H3/t9-,10-,11+,12-,13+/m1/s1. The van der Waals surface area contributed by atoms with E-state index >= 15 is 0 Å². The quantitative estimate of drug-likeness (QED) is 0.591. The van der Waals surface area contributed by atoms with Gasteiger partial charge in [0.25, 0.3) is 0 Å². The molecule has 0 aromatic carbocycles. The minimum Gasteiger partial charge on any atom is -0.375 e. The van der Waals surface area contributed by atoms with Crippen LogP contribution >= 0.6 is 0 Å². The summed E-state index contributed by atoms with van der Waals surface area (Å²) in [5, 5.41) is 0. The van der Waals surface area contributed by atoms with Crippen molar-refractivity contribution in [2.24, 2.45) is 11.8 Å². The van der Waals surface area contributed by atoms with Crippen LogP contribution in [-0.2, 0) is 14.2 Å². The van der Waals surface area contributed by atoms with Crippen LogP contribution in [0.1, 0.15) is 20.8 Å². The maximum Gasteiger partial charge on any atom is 0.108 e. The number of fused-ring (bicyclic) bond motifs is 1. The average Bonchev–Trinajstić information content (AvgIpc) is 2.38. The fraction of sp³-hybridized carbons (Fsp3) is 0.846. The molecule has 0 radical (unpaired) electrons. The topological polar surface area (TPSA) is 27.7 Å². The van der Waals surface area contributed by atoms with Crippen LogP contribution < -0.4 is 0 Å². The number of rotatable bonds is 0. The molecule has 0 aliphatic carbocycles. The summed E-state index contributed by atoms with van der Waals surface area (Å²) in [6.07, 6.45) is 4.57. The molecule has 92 valence electrons. The summed E-state index contributed by atoms with van der Waals surface area (Å²) < 4.78 is 17.5. The van der Waals surface area contributed by atoms with Crippen molar-refractivity contribution in [3.05, 3.63) is 12.2 Å². The van der Waals surface area contributed by atoms with E-state index in [1.165, 1.54) is 0 Å². The van der Waals surface area contributed by atoms with Crippen LogP contribution in [0, 0.1) is 11.8 Å². The molecule has 0 aromatic rings. The molecule has 5 atom stereocenters. The van der Waals surface area contributed by atoms with Gasteiger partial charge in [-0.25, -0.2) is 0 Å². The van der Waals surface area contributed by atoms with Gasteiger partial charge in [0.2, 0.25) is 0 Å². The Balaban J connectivity index is 2.08. The maximum atomic E-state index is 5.99. The summed E-state index contributed by atoms with van der Waals surface area (Å²) in [5.41, 5.74) is 0. The van der Waals surface area contributed by atoms with E-state index in [9.17, 15) is 0 Å². The second-order valence-corrected chi connectivity index (χ2v) is 4.90. The fourth-order valence-electron chi connectivity index (χ4n) is 2.49. The van der Waals surface area contributed by atoms with E-state index in [1.807, 2.05) is 12.2 Å². The van der Waals surface area contributed by atoms with E-state index in [4.69, 9.17) is 14.2 Å². The highest BCUT2D eigenvalue weighted by molar-refractivity contribution is 4.91. The number of ether oxygens (including phenoxy) is 3. The Morgan fingerprint density at radius 1 is 1.00 bits per heavy atom. The summed E-state index contributed by atoms with van der Waals surface area (Å²) in [5.74, 6) is 1.05. The van der Waals surface area contributed by atoms with Crippen LogP contribution in [0.5, 0.6) is 0 Å². The van der Waals surface area contributed by atoms with Gasteiger partial charge in [0.1, 0.15) is 6.10 Å². The van der Waals surface area contributed by atoms with Gasteiger partial charge < -0.3 is 14.2 Å². The lowest BCUT2D eigenvalue weighted by molar-refractivity contribution is -0.192. The van der Waals surface area contributed by atoms with Gasteiger partial charge in [-0.2, -0.15) is 0 Å². The zero-order valence-electron chi connectivity index (χ0n) is 10.4. The Labute approximate surface area is 97.8 Å². The number of hydrogen-bond donors (Lipinski definition) is 0. The Bertz CT molecular complexity index is 252. The lowest BCUT2D eigenvalue weighted by Crippen LogP contribution is -2.51. The summed E-state index contributed by atoms with van der Waals surface area (Å²) in [6, 6.07) is 0. The molecule has 2 heterocycles. The van der Waals surface area contributed by atoms with Crippen molar-refractivity contribution >= 4 is 0 Å². The molecule has 0 amide bonds. The maximum absolute atomic E-state index is 5.99. The third kappa shape index (κ3) is 2.47. The van der Waals surface area contributed by atoms with Crippen LogP contribution in [-0.4, -0.2) is 38.1 Å². The predicted octanol–water partition coefficient (Wildman–Crippen LogP) is 2.02. The third-order valence-corrected chi connectivity index (χ3v) is 3.89. The molecular weight excluding hydrogens is 204 g/mol. The molecule has 3 nitrogen and oxygen atoms in total. The summed E-state index contributed by atoms with van der Waals surface area (Å²) in [4.78, 5) is 0. The van der Waals surface area contributed by atoms with Crippen molar-refractivity contribution in [3.8, 4) is 0 Å². The number of hydrogen-bond acceptors (Lipinski definition) is 3. The van der Waals surface area contributed by atoms with Crippen molar-refractivity contribution < 1.29 is 14.2 Å². The summed E-state index contributed by atoms with van der Waals surface area (Å²) in [6.45, 7) is 8.59. The van der Waals surface area contributed by atoms with Crippen molar-refractivity contribution in [2.45, 2.75) is 39.1 Å². The minimum absolute atomic E-state index is 0.0844. The van der Waals surface area contributed by atoms with Gasteiger partial charge in [-0.15, -0.1) is 0 Å². The summed E-state index contributed by atoms with van der Waals surface area (Å²) in [7, 11) is 0. The highest BCUT2D eigenvalue weighted by Gasteiger charge is 2.40. The zero-order valence-corrected chi connectivity index (χ0v) is 10.4. The van der Waals surface area contributed by atoms with Gasteiger partial charge in [-0.05, 0) is 18.8 Å². The van der Waals surface area contributed by atoms with Gasteiger partial charge in [-0.1, -0.05) is 26.0 Å². The average molecular weight is 226 g/mol. The molecule has 2 aliphatic heterocycles. The summed E-state index contributed by atoms with van der Waals surface area (Å²) >= 11 is 0. The molecule has 0 aromatic heterocycles. The van der Waals surface area contributed by atoms with E-state index in [0.717, 1.165) is 0 Å². The largest absolute Gasteiger partial charge is 0.375 e. The van der Waals surface area contributed by atoms with E-state index < -0.39 is 0 Å². The first-order chi connectivity index (χ1) is 7.70. The lowest BCUT2D eigenvalue weighted by Gasteiger charge is -2.43. The Morgan fingerprint density at radius 2 is 1.75 bits per heavy atom. The van der Waals surface area contributed by atoms with Crippen LogP contribution in [0.25, 0.3) is 0 Å². The first kappa shape index (κ1) is 12.1. The van der Waals surface area contributed by atoms with Crippen molar-refractivity contribution in [1.29, 1.82) is 0 Å². The minimum atomic E-state index is 0.0844. The SMILES string of the molecule is C[C@@H]1[C@@H](C)[C@H](C)O[C@@H]2COCC=CCO[C@@H]12. The molecule has 0 unspecified atom stereocenters. The molecule has 1 saturated heterocycles. The second kappa shape index (κ2) is 5.30. The van der Waals surface area contributed by atoms with Crippen molar-refractivity contribution in [3.63, 3.8) is 0 Å². The molecule has 3 heteroatoms. The van der Waals surface area contributed by atoms with Gasteiger partial charge in [0.15, 0.2) is 0 Å². The van der Waals surface area contributed by atoms with Gasteiger partial charge >= 0.3 is 0 Å². The molecule has 1 fully saturated rings. The van der Waals surface area contributed by atoms with Crippen LogP contribution in [0.2, 0.25) is 0 Å². The van der Waals surface area contributed by atoms with E-state index in [-0.39, 0.29) is 18.3 Å². The van der Waals surface area contributed by atoms with Gasteiger partial charge in [-0.3, -0.25) is 0 Å².